The van der Waals surface area contributed by atoms with E-state index >= 15 is 0 Å². The first-order valence-electron chi connectivity index (χ1n) is 13.3. The predicted molar refractivity (Wildman–Crippen MR) is 103 cm³/mol. The summed E-state index contributed by atoms with van der Waals surface area (Å²) in [6.45, 7) is -5.25. The summed E-state index contributed by atoms with van der Waals surface area (Å²) >= 11 is 6.73. The number of anilines is 1. The maximum Gasteiger partial charge on any atom is 0.186 e. The highest BCUT2D eigenvalue weighted by molar-refractivity contribution is 7.21. The molecule has 0 aliphatic carbocycles. The van der Waals surface area contributed by atoms with Gasteiger partial charge >= 0.3 is 0 Å². The molecule has 1 saturated heterocycles. The number of hydrogen-bond acceptors (Lipinski definition) is 7. The number of nitrogens with zero attached hydrogens (tertiary/aromatic N) is 5. The molecule has 9 heteroatoms. The Bertz CT molecular complexity index is 1530. The zero-order chi connectivity index (χ0) is 29.5. The van der Waals surface area contributed by atoms with E-state index in [9.17, 15) is 9.65 Å². The smallest absolute Gasteiger partial charge is 0.186 e. The molecule has 138 valence electrons. The van der Waals surface area contributed by atoms with Crippen LogP contribution in [0.2, 0.25) is 5.88 Å². The Hall–Kier alpha value is -2.34. The van der Waals surface area contributed by atoms with E-state index in [-0.39, 0.29) is 20.1 Å². The van der Waals surface area contributed by atoms with Crippen LogP contribution in [0.15, 0.2) is 24.4 Å². The molecule has 1 aliphatic heterocycles. The van der Waals surface area contributed by atoms with Crippen LogP contribution in [0.3, 0.4) is 0 Å². The summed E-state index contributed by atoms with van der Waals surface area (Å²) in [5, 5.41) is 9.33. The second-order valence-corrected chi connectivity index (χ2v) is 6.66. The van der Waals surface area contributed by atoms with Gasteiger partial charge in [0.2, 0.25) is 0 Å². The largest absolute Gasteiger partial charge is 0.365 e. The molecule has 1 aromatic carbocycles. The van der Waals surface area contributed by atoms with Crippen molar-refractivity contribution >= 4 is 39.1 Å². The van der Waals surface area contributed by atoms with Gasteiger partial charge in [-0.15, -0.1) is 0 Å². The maximum atomic E-state index is 14.3. The van der Waals surface area contributed by atoms with Gasteiger partial charge in [-0.05, 0) is 30.4 Å². The van der Waals surface area contributed by atoms with Gasteiger partial charge in [0.1, 0.15) is 29.9 Å². The summed E-state index contributed by atoms with van der Waals surface area (Å²) in [6, 6.07) is -5.10. The molecule has 0 atom stereocenters. The molecule has 6 nitrogen and oxygen atoms in total. The topological polar surface area (TPSA) is 77.7 Å². The van der Waals surface area contributed by atoms with Crippen molar-refractivity contribution in [3.63, 3.8) is 0 Å². The molecular formula is C18H16ClFN6S. The Morgan fingerprint density at radius 2 is 2.37 bits per heavy atom. The molecule has 1 N–H and O–H groups in total. The number of nitriles is 1. The number of fused-ring (bicyclic) bond motifs is 1. The van der Waals surface area contributed by atoms with Crippen LogP contribution in [0.5, 0.6) is 0 Å². The summed E-state index contributed by atoms with van der Waals surface area (Å²) < 4.78 is 115. The highest BCUT2D eigenvalue weighted by atomic mass is 35.5. The number of aromatic nitrogens is 3. The molecule has 27 heavy (non-hydrogen) atoms. The standard InChI is InChI=1S/C18H16ClFN6S/c19-18-25-15-16(22-10-23-17(15)27-18)24-13-3-5-26(6-4-13)9-11-1-2-14(20)12(7-11)8-21/h1-2,7,10,13H,3-6,9H2,(H,22,23,24)/i1D,2D,3D2,4D2,7D,9D2,10D,13D/hD. The van der Waals surface area contributed by atoms with Crippen molar-refractivity contribution in [3.8, 4) is 6.07 Å². The van der Waals surface area contributed by atoms with Crippen molar-refractivity contribution in [3.05, 3.63) is 45.8 Å². The van der Waals surface area contributed by atoms with Crippen LogP contribution in [0.25, 0.3) is 10.3 Å². The molecule has 0 spiro atoms. The first-order valence-corrected chi connectivity index (χ1v) is 8.56. The summed E-state index contributed by atoms with van der Waals surface area (Å²) in [5.74, 6) is -2.08. The lowest BCUT2D eigenvalue weighted by atomic mass is 10.0. The second kappa shape index (κ2) is 7.72. The van der Waals surface area contributed by atoms with E-state index in [1.54, 1.807) is 0 Å². The van der Waals surface area contributed by atoms with Gasteiger partial charge in [-0.25, -0.2) is 19.3 Å². The van der Waals surface area contributed by atoms with Crippen LogP contribution in [-0.2, 0) is 6.50 Å². The number of nitrogens with one attached hydrogen (secondary N) is 1. The average molecular weight is 415 g/mol. The van der Waals surface area contributed by atoms with Crippen LogP contribution < -0.4 is 5.31 Å². The molecular weight excluding hydrogens is 387 g/mol. The highest BCUT2D eigenvalue weighted by Crippen LogP contribution is 2.28. The normalized spacial score (nSPS) is 27.6. The molecule has 0 bridgehead atoms. The molecule has 0 unspecified atom stereocenters. The third kappa shape index (κ3) is 4.00. The first kappa shape index (κ1) is 8.78. The van der Waals surface area contributed by atoms with Crippen molar-refractivity contribution in [2.45, 2.75) is 25.3 Å². The quantitative estimate of drug-likeness (QED) is 0.699. The maximum absolute atomic E-state index is 14.3. The molecule has 3 heterocycles. The van der Waals surface area contributed by atoms with Gasteiger partial charge in [0.25, 0.3) is 0 Å². The van der Waals surface area contributed by atoms with Crippen LogP contribution in [0, 0.1) is 17.1 Å². The lowest BCUT2D eigenvalue weighted by Gasteiger charge is -2.32. The average Bonchev–Trinajstić information content (AvgIpc) is 3.19. The zero-order valence-electron chi connectivity index (χ0n) is 25.3. The molecule has 1 fully saturated rings. The Balaban J connectivity index is 1.84. The fourth-order valence-corrected chi connectivity index (χ4v) is 3.08. The Morgan fingerprint density at radius 3 is 3.15 bits per heavy atom. The first-order chi connectivity index (χ1) is 17.8. The molecule has 0 amide bonds. The third-order valence-electron chi connectivity index (χ3n) is 3.34. The van der Waals surface area contributed by atoms with E-state index in [0.29, 0.717) is 4.90 Å². The fraction of sp³-hybridized carbons (Fsp3) is 0.333. The van der Waals surface area contributed by atoms with Crippen molar-refractivity contribution in [1.29, 1.82) is 5.26 Å². The number of hydrogen-bond donors (Lipinski definition) is 1. The summed E-state index contributed by atoms with van der Waals surface area (Å²) in [4.78, 5) is 12.1. The molecule has 1 aliphatic rings. The van der Waals surface area contributed by atoms with E-state index in [1.165, 1.54) is 6.07 Å². The molecule has 3 aromatic rings. The van der Waals surface area contributed by atoms with Crippen molar-refractivity contribution < 1.29 is 20.9 Å². The minimum Gasteiger partial charge on any atom is -0.365 e. The highest BCUT2D eigenvalue weighted by Gasteiger charge is 2.21. The van der Waals surface area contributed by atoms with Crippen LogP contribution >= 0.6 is 22.9 Å². The number of halogens is 2. The van der Waals surface area contributed by atoms with E-state index in [0.717, 1.165) is 11.3 Å². The van der Waals surface area contributed by atoms with Crippen LogP contribution in [-0.4, -0.2) is 39.0 Å². The van der Waals surface area contributed by atoms with Gasteiger partial charge in [0.15, 0.2) is 11.7 Å². The fourth-order valence-electron chi connectivity index (χ4n) is 2.16. The zero-order valence-corrected chi connectivity index (χ0v) is 14.8. The van der Waals surface area contributed by atoms with Gasteiger partial charge in [0, 0.05) is 33.8 Å². The van der Waals surface area contributed by atoms with Crippen molar-refractivity contribution in [1.82, 2.24) is 19.9 Å². The Kier molecular flexibility index (Phi) is 2.51. The van der Waals surface area contributed by atoms with Gasteiger partial charge in [0.05, 0.1) is 11.0 Å². The summed E-state index contributed by atoms with van der Waals surface area (Å²) in [7, 11) is 0. The second-order valence-electron chi connectivity index (χ2n) is 5.10. The van der Waals surface area contributed by atoms with E-state index < -0.39 is 85.5 Å². The SMILES string of the molecule is [2H]c1nc(N([2H])C2([2H])C([2H])([2H])CN(C([2H])([2H])c3c([2H])c([2H])c(F)c(C#N)c3[2H])CC2([2H])[2H])c2nc(Cl)sc2n1. The monoisotopic (exact) mass is 414 g/mol. The minimum absolute atomic E-state index is 0.0347. The third-order valence-corrected chi connectivity index (χ3v) is 4.40. The van der Waals surface area contributed by atoms with Crippen molar-refractivity contribution in [2.75, 3.05) is 18.4 Å². The van der Waals surface area contributed by atoms with Gasteiger partial charge < -0.3 is 5.31 Å². The van der Waals surface area contributed by atoms with Gasteiger partial charge in [-0.3, -0.25) is 4.90 Å². The number of likely N-dealkylation sites (tertiary alicyclic amines) is 1. The van der Waals surface area contributed by atoms with Crippen LogP contribution in [0.1, 0.15) is 39.0 Å². The summed E-state index contributed by atoms with van der Waals surface area (Å²) in [5.41, 5.74) is -2.14. The van der Waals surface area contributed by atoms with Crippen molar-refractivity contribution in [2.24, 2.45) is 0 Å². The Labute approximate surface area is 181 Å². The van der Waals surface area contributed by atoms with E-state index in [4.69, 9.17) is 28.1 Å². The predicted octanol–water partition coefficient (Wildman–Crippen LogP) is 3.83. The van der Waals surface area contributed by atoms with Gasteiger partial charge in [-0.2, -0.15) is 5.26 Å². The number of benzene rings is 1. The Morgan fingerprint density at radius 1 is 1.56 bits per heavy atom. The lowest BCUT2D eigenvalue weighted by molar-refractivity contribution is 0.211. The number of rotatable bonds is 4. The van der Waals surface area contributed by atoms with E-state index in [1.807, 2.05) is 0 Å². The van der Waals surface area contributed by atoms with Gasteiger partial charge in [-0.1, -0.05) is 29.0 Å². The molecule has 4 rings (SSSR count). The molecule has 0 radical (unpaired) electrons. The molecule has 2 aromatic heterocycles. The molecule has 0 saturated carbocycles. The number of piperidine rings is 1. The lowest BCUT2D eigenvalue weighted by Crippen LogP contribution is -2.38. The van der Waals surface area contributed by atoms with E-state index in [2.05, 4.69) is 15.0 Å². The number of thiazole rings is 1. The minimum atomic E-state index is -3.13. The van der Waals surface area contributed by atoms with Crippen LogP contribution in [0.4, 0.5) is 10.2 Å². The summed E-state index contributed by atoms with van der Waals surface area (Å²) in [6.07, 6.45) is -6.81.